The summed E-state index contributed by atoms with van der Waals surface area (Å²) in [5, 5.41) is 4.71. The van der Waals surface area contributed by atoms with Gasteiger partial charge in [-0.15, -0.1) is 0 Å². The van der Waals surface area contributed by atoms with Gasteiger partial charge in [0.25, 0.3) is 0 Å². The molecular weight excluding hydrogens is 314 g/mol. The minimum absolute atomic E-state index is 0.123. The van der Waals surface area contributed by atoms with Crippen LogP contribution >= 0.6 is 11.6 Å². The van der Waals surface area contributed by atoms with E-state index >= 15 is 0 Å². The van der Waals surface area contributed by atoms with Gasteiger partial charge >= 0.3 is 0 Å². The summed E-state index contributed by atoms with van der Waals surface area (Å²) < 4.78 is 5.39. The van der Waals surface area contributed by atoms with Gasteiger partial charge < -0.3 is 9.42 Å². The van der Waals surface area contributed by atoms with Crippen LogP contribution in [0.3, 0.4) is 0 Å². The Hall–Kier alpha value is -1.88. The normalized spacial score (nSPS) is 18.4. The van der Waals surface area contributed by atoms with E-state index in [1.54, 1.807) is 0 Å². The van der Waals surface area contributed by atoms with Crippen LogP contribution in [0.4, 0.5) is 0 Å². The number of carbonyl (C=O) groups is 1. The van der Waals surface area contributed by atoms with E-state index in [1.807, 2.05) is 29.2 Å². The van der Waals surface area contributed by atoms with Crippen molar-refractivity contribution in [2.75, 3.05) is 6.54 Å². The predicted molar refractivity (Wildman–Crippen MR) is 87.1 cm³/mol. The van der Waals surface area contributed by atoms with Gasteiger partial charge in [-0.3, -0.25) is 4.79 Å². The maximum atomic E-state index is 12.2. The van der Waals surface area contributed by atoms with E-state index in [4.69, 9.17) is 16.1 Å². The standard InChI is InChI=1S/C17H20ClN3O2/c1-2-3-15-19-17(23-20-15)13-6-9-16(22)21(11-13)10-12-4-7-14(18)8-5-12/h4-5,7-8,13H,2-3,6,9-11H2,1H3/t13-/m0/s1. The molecule has 1 fully saturated rings. The molecule has 2 heterocycles. The molecule has 1 atom stereocenters. The first-order valence-electron chi connectivity index (χ1n) is 8.00. The molecule has 6 heteroatoms. The van der Waals surface area contributed by atoms with Crippen LogP contribution in [0, 0.1) is 0 Å². The Morgan fingerprint density at radius 1 is 1.35 bits per heavy atom. The van der Waals surface area contributed by atoms with Crippen molar-refractivity contribution in [1.82, 2.24) is 15.0 Å². The summed E-state index contributed by atoms with van der Waals surface area (Å²) in [5.41, 5.74) is 1.07. The number of rotatable bonds is 5. The van der Waals surface area contributed by atoms with Crippen LogP contribution in [-0.4, -0.2) is 27.5 Å². The van der Waals surface area contributed by atoms with Crippen molar-refractivity contribution < 1.29 is 9.32 Å². The summed E-state index contributed by atoms with van der Waals surface area (Å²) in [6.45, 7) is 3.29. The van der Waals surface area contributed by atoms with Crippen LogP contribution in [0.1, 0.15) is 49.4 Å². The number of nitrogens with zero attached hydrogens (tertiary/aromatic N) is 3. The third-order valence-corrected chi connectivity index (χ3v) is 4.35. The highest BCUT2D eigenvalue weighted by molar-refractivity contribution is 6.30. The molecular formula is C17H20ClN3O2. The Morgan fingerprint density at radius 3 is 2.87 bits per heavy atom. The largest absolute Gasteiger partial charge is 0.339 e. The second kappa shape index (κ2) is 7.13. The molecule has 1 aromatic carbocycles. The number of piperidine rings is 1. The van der Waals surface area contributed by atoms with Gasteiger partial charge in [-0.2, -0.15) is 4.98 Å². The van der Waals surface area contributed by atoms with Gasteiger partial charge in [-0.25, -0.2) is 0 Å². The fraction of sp³-hybridized carbons (Fsp3) is 0.471. The molecule has 1 amide bonds. The number of halogens is 1. The summed E-state index contributed by atoms with van der Waals surface area (Å²) in [5.74, 6) is 1.70. The van der Waals surface area contributed by atoms with Crippen LogP contribution in [-0.2, 0) is 17.8 Å². The summed E-state index contributed by atoms with van der Waals surface area (Å²) >= 11 is 5.91. The van der Waals surface area contributed by atoms with E-state index in [9.17, 15) is 4.79 Å². The minimum atomic E-state index is 0.123. The first kappa shape index (κ1) is 16.0. The van der Waals surface area contributed by atoms with Crippen LogP contribution in [0.25, 0.3) is 0 Å². The lowest BCUT2D eigenvalue weighted by Crippen LogP contribution is -2.38. The Kier molecular flexibility index (Phi) is 4.96. The molecule has 3 rings (SSSR count). The van der Waals surface area contributed by atoms with Crippen molar-refractivity contribution in [3.05, 3.63) is 46.6 Å². The Labute approximate surface area is 140 Å². The maximum Gasteiger partial charge on any atom is 0.231 e. The third-order valence-electron chi connectivity index (χ3n) is 4.09. The number of benzene rings is 1. The predicted octanol–water partition coefficient (Wildman–Crippen LogP) is 3.58. The summed E-state index contributed by atoms with van der Waals surface area (Å²) in [6, 6.07) is 7.59. The fourth-order valence-corrected chi connectivity index (χ4v) is 2.96. The lowest BCUT2D eigenvalue weighted by atomic mass is 9.97. The average Bonchev–Trinajstić information content (AvgIpc) is 3.01. The zero-order chi connectivity index (χ0) is 16.2. The number of hydrogen-bond donors (Lipinski definition) is 0. The molecule has 2 aromatic rings. The average molecular weight is 334 g/mol. The first-order valence-corrected chi connectivity index (χ1v) is 8.38. The monoisotopic (exact) mass is 333 g/mol. The van der Waals surface area contributed by atoms with E-state index in [0.717, 1.165) is 30.7 Å². The number of hydrogen-bond acceptors (Lipinski definition) is 4. The molecule has 5 nitrogen and oxygen atoms in total. The van der Waals surface area contributed by atoms with Crippen molar-refractivity contribution in [1.29, 1.82) is 0 Å². The van der Waals surface area contributed by atoms with Crippen LogP contribution < -0.4 is 0 Å². The highest BCUT2D eigenvalue weighted by Gasteiger charge is 2.30. The number of amides is 1. The number of aryl methyl sites for hydroxylation is 1. The zero-order valence-corrected chi connectivity index (χ0v) is 13.9. The van der Waals surface area contributed by atoms with E-state index in [2.05, 4.69) is 17.1 Å². The number of carbonyl (C=O) groups excluding carboxylic acids is 1. The zero-order valence-electron chi connectivity index (χ0n) is 13.2. The molecule has 0 spiro atoms. The summed E-state index contributed by atoms with van der Waals surface area (Å²) in [7, 11) is 0. The van der Waals surface area contributed by atoms with Crippen LogP contribution in [0.2, 0.25) is 5.02 Å². The minimum Gasteiger partial charge on any atom is -0.339 e. The van der Waals surface area contributed by atoms with Gasteiger partial charge in [0.15, 0.2) is 5.82 Å². The molecule has 122 valence electrons. The van der Waals surface area contributed by atoms with Crippen molar-refractivity contribution in [2.24, 2.45) is 0 Å². The Balaban J connectivity index is 1.68. The molecule has 0 unspecified atom stereocenters. The molecule has 0 bridgehead atoms. The molecule has 23 heavy (non-hydrogen) atoms. The molecule has 0 aliphatic carbocycles. The smallest absolute Gasteiger partial charge is 0.231 e. The van der Waals surface area contributed by atoms with Gasteiger partial charge in [0.2, 0.25) is 11.8 Å². The van der Waals surface area contributed by atoms with Gasteiger partial charge in [-0.1, -0.05) is 35.8 Å². The molecule has 0 N–H and O–H groups in total. The van der Waals surface area contributed by atoms with Gasteiger partial charge in [-0.05, 0) is 30.5 Å². The van der Waals surface area contributed by atoms with Gasteiger partial charge in [0, 0.05) is 31.0 Å². The van der Waals surface area contributed by atoms with Crippen LogP contribution in [0.15, 0.2) is 28.8 Å². The van der Waals surface area contributed by atoms with E-state index in [-0.39, 0.29) is 11.8 Å². The molecule has 1 aromatic heterocycles. The topological polar surface area (TPSA) is 59.2 Å². The SMILES string of the molecule is CCCc1noc([C@H]2CCC(=O)N(Cc3ccc(Cl)cc3)C2)n1. The van der Waals surface area contributed by atoms with Gasteiger partial charge in [0.05, 0.1) is 5.92 Å². The second-order valence-electron chi connectivity index (χ2n) is 5.94. The Bertz CT molecular complexity index is 669. The van der Waals surface area contributed by atoms with Crippen LogP contribution in [0.5, 0.6) is 0 Å². The quantitative estimate of drug-likeness (QED) is 0.839. The Morgan fingerprint density at radius 2 is 2.13 bits per heavy atom. The third kappa shape index (κ3) is 3.91. The lowest BCUT2D eigenvalue weighted by molar-refractivity contribution is -0.134. The summed E-state index contributed by atoms with van der Waals surface area (Å²) in [4.78, 5) is 18.5. The summed E-state index contributed by atoms with van der Waals surface area (Å²) in [6.07, 6.45) is 3.10. The fourth-order valence-electron chi connectivity index (χ4n) is 2.84. The maximum absolute atomic E-state index is 12.2. The number of aromatic nitrogens is 2. The second-order valence-corrected chi connectivity index (χ2v) is 6.37. The van der Waals surface area contributed by atoms with E-state index in [1.165, 1.54) is 0 Å². The highest BCUT2D eigenvalue weighted by Crippen LogP contribution is 2.27. The first-order chi connectivity index (χ1) is 11.2. The van der Waals surface area contributed by atoms with Crippen molar-refractivity contribution in [3.63, 3.8) is 0 Å². The van der Waals surface area contributed by atoms with Gasteiger partial charge in [0.1, 0.15) is 0 Å². The highest BCUT2D eigenvalue weighted by atomic mass is 35.5. The van der Waals surface area contributed by atoms with E-state index in [0.29, 0.717) is 30.4 Å². The molecule has 1 aliphatic rings. The number of likely N-dealkylation sites (tertiary alicyclic amines) is 1. The van der Waals surface area contributed by atoms with Crippen molar-refractivity contribution in [2.45, 2.75) is 45.1 Å². The molecule has 1 aliphatic heterocycles. The molecule has 0 saturated carbocycles. The molecule has 1 saturated heterocycles. The molecule has 0 radical (unpaired) electrons. The van der Waals surface area contributed by atoms with Crippen molar-refractivity contribution >= 4 is 17.5 Å². The van der Waals surface area contributed by atoms with E-state index < -0.39 is 0 Å². The van der Waals surface area contributed by atoms with Crippen molar-refractivity contribution in [3.8, 4) is 0 Å². The lowest BCUT2D eigenvalue weighted by Gasteiger charge is -2.31.